The number of hydrogen-bond acceptors (Lipinski definition) is 4. The number of carbonyl (C=O) groups is 1. The number of nitrogens with zero attached hydrogens (tertiary/aromatic N) is 3. The van der Waals surface area contributed by atoms with Crippen LogP contribution in [-0.2, 0) is 6.54 Å². The molecule has 2 heterocycles. The topological polar surface area (TPSA) is 71.8 Å². The smallest absolute Gasteiger partial charge is 0.320 e. The molecule has 7 heteroatoms. The monoisotopic (exact) mass is 361 g/mol. The van der Waals surface area contributed by atoms with Crippen molar-refractivity contribution in [3.63, 3.8) is 0 Å². The van der Waals surface area contributed by atoms with Crippen molar-refractivity contribution < 1.29 is 4.79 Å². The molecular formula is C18H27N5OS. The van der Waals surface area contributed by atoms with Crippen molar-refractivity contribution in [1.82, 2.24) is 20.1 Å². The van der Waals surface area contributed by atoms with Crippen LogP contribution in [-0.4, -0.2) is 20.8 Å². The van der Waals surface area contributed by atoms with Gasteiger partial charge >= 0.3 is 6.03 Å². The van der Waals surface area contributed by atoms with E-state index in [0.29, 0.717) is 24.4 Å². The van der Waals surface area contributed by atoms with Gasteiger partial charge in [-0.25, -0.2) is 14.5 Å². The summed E-state index contributed by atoms with van der Waals surface area (Å²) < 4.78 is 1.95. The first-order valence-corrected chi connectivity index (χ1v) is 9.73. The molecule has 0 unspecified atom stereocenters. The van der Waals surface area contributed by atoms with Crippen molar-refractivity contribution in [2.24, 2.45) is 5.92 Å². The molecule has 1 aliphatic carbocycles. The third-order valence-corrected chi connectivity index (χ3v) is 6.17. The standard InChI is InChI=1S/C18H27N5OS/c1-10(2)17-21-12(4)15(25-17)9-19-18(24)22-16-11(3)8-20-23(16)13(5)14-6-7-14/h8,10,13-14H,6-7,9H2,1-5H3,(H2,19,22,24)/t13-/m0/s1. The molecule has 0 spiro atoms. The zero-order valence-corrected chi connectivity index (χ0v) is 16.4. The van der Waals surface area contributed by atoms with Crippen LogP contribution in [0.4, 0.5) is 10.6 Å². The molecule has 0 aliphatic heterocycles. The fourth-order valence-electron chi connectivity index (χ4n) is 2.87. The van der Waals surface area contributed by atoms with Crippen LogP contribution in [0.1, 0.15) is 66.7 Å². The first kappa shape index (κ1) is 17.9. The van der Waals surface area contributed by atoms with Crippen molar-refractivity contribution in [1.29, 1.82) is 0 Å². The number of nitrogens with one attached hydrogen (secondary N) is 2. The van der Waals surface area contributed by atoms with Gasteiger partial charge in [0.25, 0.3) is 0 Å². The van der Waals surface area contributed by atoms with E-state index in [1.54, 1.807) is 11.3 Å². The van der Waals surface area contributed by atoms with E-state index in [-0.39, 0.29) is 6.03 Å². The summed E-state index contributed by atoms with van der Waals surface area (Å²) in [6, 6.07) is 0.119. The summed E-state index contributed by atoms with van der Waals surface area (Å²) in [5, 5.41) is 11.5. The summed E-state index contributed by atoms with van der Waals surface area (Å²) in [7, 11) is 0. The Kier molecular flexibility index (Phi) is 5.13. The summed E-state index contributed by atoms with van der Waals surface area (Å²) in [5.74, 6) is 1.88. The van der Waals surface area contributed by atoms with Crippen LogP contribution in [0.2, 0.25) is 0 Å². The molecule has 0 bridgehead atoms. The molecule has 2 amide bonds. The minimum Gasteiger partial charge on any atom is -0.333 e. The number of anilines is 1. The van der Waals surface area contributed by atoms with Crippen LogP contribution in [0.25, 0.3) is 0 Å². The van der Waals surface area contributed by atoms with Crippen LogP contribution in [0.15, 0.2) is 6.20 Å². The van der Waals surface area contributed by atoms with Crippen molar-refractivity contribution >= 4 is 23.2 Å². The maximum absolute atomic E-state index is 12.4. The second-order valence-electron chi connectivity index (χ2n) is 7.22. The van der Waals surface area contributed by atoms with Gasteiger partial charge in [-0.15, -0.1) is 11.3 Å². The summed E-state index contributed by atoms with van der Waals surface area (Å²) in [4.78, 5) is 18.1. The van der Waals surface area contributed by atoms with E-state index < -0.39 is 0 Å². The van der Waals surface area contributed by atoms with E-state index in [4.69, 9.17) is 0 Å². The van der Waals surface area contributed by atoms with Crippen LogP contribution in [0, 0.1) is 19.8 Å². The van der Waals surface area contributed by atoms with Crippen molar-refractivity contribution in [3.8, 4) is 0 Å². The van der Waals surface area contributed by atoms with E-state index in [1.807, 2.05) is 24.7 Å². The maximum Gasteiger partial charge on any atom is 0.320 e. The average Bonchev–Trinajstić information content (AvgIpc) is 3.26. The van der Waals surface area contributed by atoms with E-state index >= 15 is 0 Å². The molecule has 3 rings (SSSR count). The van der Waals surface area contributed by atoms with E-state index in [9.17, 15) is 4.79 Å². The van der Waals surface area contributed by atoms with Crippen molar-refractivity contribution in [2.75, 3.05) is 5.32 Å². The maximum atomic E-state index is 12.4. The summed E-state index contributed by atoms with van der Waals surface area (Å²) in [6.45, 7) is 10.9. The molecule has 0 aromatic carbocycles. The van der Waals surface area contributed by atoms with Crippen molar-refractivity contribution in [2.45, 2.75) is 66.0 Å². The van der Waals surface area contributed by atoms with E-state index in [1.165, 1.54) is 12.8 Å². The predicted octanol–water partition coefficient (Wildman–Crippen LogP) is 4.37. The molecule has 0 saturated heterocycles. The number of hydrogen-bond donors (Lipinski definition) is 2. The van der Waals surface area contributed by atoms with Crippen LogP contribution in [0.3, 0.4) is 0 Å². The quantitative estimate of drug-likeness (QED) is 0.802. The Morgan fingerprint density at radius 1 is 1.36 bits per heavy atom. The van der Waals surface area contributed by atoms with Gasteiger partial charge in [-0.3, -0.25) is 5.32 Å². The highest BCUT2D eigenvalue weighted by Gasteiger charge is 2.31. The van der Waals surface area contributed by atoms with E-state index in [2.05, 4.69) is 41.5 Å². The fourth-order valence-corrected chi connectivity index (χ4v) is 3.87. The number of aryl methyl sites for hydroxylation is 2. The highest BCUT2D eigenvalue weighted by Crippen LogP contribution is 2.40. The lowest BCUT2D eigenvalue weighted by Crippen LogP contribution is -2.30. The van der Waals surface area contributed by atoms with Crippen LogP contribution >= 0.6 is 11.3 Å². The Morgan fingerprint density at radius 2 is 2.08 bits per heavy atom. The molecule has 1 aliphatic rings. The molecule has 2 N–H and O–H groups in total. The molecule has 2 aromatic heterocycles. The third-order valence-electron chi connectivity index (χ3n) is 4.71. The van der Waals surface area contributed by atoms with Gasteiger partial charge in [0.1, 0.15) is 5.82 Å². The SMILES string of the molecule is Cc1cnn([C@@H](C)C2CC2)c1NC(=O)NCc1sc(C(C)C)nc1C. The number of aromatic nitrogens is 3. The Hall–Kier alpha value is -1.89. The molecule has 1 atom stereocenters. The molecule has 25 heavy (non-hydrogen) atoms. The Labute approximate surface area is 153 Å². The number of amides is 2. The first-order valence-electron chi connectivity index (χ1n) is 8.92. The second kappa shape index (κ2) is 7.15. The van der Waals surface area contributed by atoms with Crippen LogP contribution in [0.5, 0.6) is 0 Å². The molecule has 1 saturated carbocycles. The van der Waals surface area contributed by atoms with Gasteiger partial charge in [0.05, 0.1) is 29.5 Å². The summed E-state index contributed by atoms with van der Waals surface area (Å²) in [5.41, 5.74) is 1.98. The van der Waals surface area contributed by atoms with Gasteiger partial charge in [-0.2, -0.15) is 5.10 Å². The third kappa shape index (κ3) is 4.03. The lowest BCUT2D eigenvalue weighted by molar-refractivity contribution is 0.251. The number of thiazole rings is 1. The average molecular weight is 362 g/mol. The van der Waals surface area contributed by atoms with Gasteiger partial charge in [-0.1, -0.05) is 13.8 Å². The van der Waals surface area contributed by atoms with Gasteiger partial charge < -0.3 is 5.32 Å². The van der Waals surface area contributed by atoms with Crippen LogP contribution < -0.4 is 10.6 Å². The van der Waals surface area contributed by atoms with Gasteiger partial charge in [-0.05, 0) is 39.5 Å². The second-order valence-corrected chi connectivity index (χ2v) is 8.34. The fraction of sp³-hybridized carbons (Fsp3) is 0.611. The normalized spacial score (nSPS) is 15.4. The molecule has 1 fully saturated rings. The molecular weight excluding hydrogens is 334 g/mol. The minimum absolute atomic E-state index is 0.202. The number of carbonyl (C=O) groups excluding carboxylic acids is 1. The molecule has 136 valence electrons. The van der Waals surface area contributed by atoms with Gasteiger partial charge in [0, 0.05) is 16.4 Å². The molecule has 2 aromatic rings. The lowest BCUT2D eigenvalue weighted by atomic mass is 10.2. The van der Waals surface area contributed by atoms with Crippen molar-refractivity contribution in [3.05, 3.63) is 27.3 Å². The minimum atomic E-state index is -0.202. The van der Waals surface area contributed by atoms with Gasteiger partial charge in [0.2, 0.25) is 0 Å². The highest BCUT2D eigenvalue weighted by atomic mass is 32.1. The molecule has 0 radical (unpaired) electrons. The zero-order valence-electron chi connectivity index (χ0n) is 15.6. The molecule has 6 nitrogen and oxygen atoms in total. The zero-order chi connectivity index (χ0) is 18.1. The Balaban J connectivity index is 1.62. The largest absolute Gasteiger partial charge is 0.333 e. The number of urea groups is 1. The highest BCUT2D eigenvalue weighted by molar-refractivity contribution is 7.11. The summed E-state index contributed by atoms with van der Waals surface area (Å²) in [6.07, 6.45) is 4.31. The Morgan fingerprint density at radius 3 is 2.68 bits per heavy atom. The predicted molar refractivity (Wildman–Crippen MR) is 101 cm³/mol. The lowest BCUT2D eigenvalue weighted by Gasteiger charge is -2.16. The van der Waals surface area contributed by atoms with E-state index in [0.717, 1.165) is 27.0 Å². The number of rotatable bonds is 6. The van der Waals surface area contributed by atoms with Gasteiger partial charge in [0.15, 0.2) is 0 Å². The summed E-state index contributed by atoms with van der Waals surface area (Å²) >= 11 is 1.67. The first-order chi connectivity index (χ1) is 11.9. The Bertz CT molecular complexity index is 760.